The summed E-state index contributed by atoms with van der Waals surface area (Å²) >= 11 is 0. The number of nitrogens with zero attached hydrogens (tertiary/aromatic N) is 1. The molecular formula is C12H18N2O2. The summed E-state index contributed by atoms with van der Waals surface area (Å²) in [5.74, 6) is -0.266. The molecule has 88 valence electrons. The van der Waals surface area contributed by atoms with E-state index in [0.29, 0.717) is 13.2 Å². The van der Waals surface area contributed by atoms with Gasteiger partial charge in [-0.1, -0.05) is 13.0 Å². The molecule has 4 heteroatoms. The topological polar surface area (TPSA) is 51.2 Å². The van der Waals surface area contributed by atoms with Gasteiger partial charge in [0.25, 0.3) is 0 Å². The second-order valence-electron chi connectivity index (χ2n) is 3.65. The van der Waals surface area contributed by atoms with E-state index in [0.717, 1.165) is 12.1 Å². The van der Waals surface area contributed by atoms with Crippen molar-refractivity contribution in [2.45, 2.75) is 20.4 Å². The Kier molecular flexibility index (Phi) is 5.50. The van der Waals surface area contributed by atoms with Crippen LogP contribution in [0.2, 0.25) is 0 Å². The molecule has 1 N–H and O–H groups in total. The summed E-state index contributed by atoms with van der Waals surface area (Å²) < 4.78 is 4.92. The molecule has 4 nitrogen and oxygen atoms in total. The molecule has 0 saturated carbocycles. The predicted molar refractivity (Wildman–Crippen MR) is 61.7 cm³/mol. The monoisotopic (exact) mass is 222 g/mol. The molecule has 1 aromatic heterocycles. The second-order valence-corrected chi connectivity index (χ2v) is 3.65. The number of nitrogens with one attached hydrogen (secondary N) is 1. The fraction of sp³-hybridized carbons (Fsp3) is 0.500. The zero-order valence-corrected chi connectivity index (χ0v) is 9.77. The summed E-state index contributed by atoms with van der Waals surface area (Å²) in [5, 5.41) is 3.20. The van der Waals surface area contributed by atoms with Crippen molar-refractivity contribution >= 4 is 5.97 Å². The van der Waals surface area contributed by atoms with E-state index in [4.69, 9.17) is 4.74 Å². The van der Waals surface area contributed by atoms with Crippen LogP contribution in [-0.2, 0) is 16.1 Å². The molecule has 0 amide bonds. The Morgan fingerprint density at radius 1 is 1.62 bits per heavy atom. The number of aromatic nitrogens is 1. The lowest BCUT2D eigenvalue weighted by atomic mass is 10.2. The maximum atomic E-state index is 11.3. The van der Waals surface area contributed by atoms with Crippen molar-refractivity contribution < 1.29 is 9.53 Å². The lowest BCUT2D eigenvalue weighted by Gasteiger charge is -2.11. The first-order valence-electron chi connectivity index (χ1n) is 5.50. The van der Waals surface area contributed by atoms with Gasteiger partial charge in [0.2, 0.25) is 0 Å². The molecule has 1 aromatic rings. The third kappa shape index (κ3) is 4.40. The van der Waals surface area contributed by atoms with Crippen LogP contribution in [0.15, 0.2) is 24.5 Å². The van der Waals surface area contributed by atoms with E-state index in [1.54, 1.807) is 6.20 Å². The Morgan fingerprint density at radius 2 is 2.44 bits per heavy atom. The van der Waals surface area contributed by atoms with Crippen LogP contribution < -0.4 is 5.32 Å². The van der Waals surface area contributed by atoms with Gasteiger partial charge in [0, 0.05) is 25.5 Å². The normalized spacial score (nSPS) is 12.1. The first-order valence-corrected chi connectivity index (χ1v) is 5.50. The summed E-state index contributed by atoms with van der Waals surface area (Å²) in [7, 11) is 0. The van der Waals surface area contributed by atoms with Crippen LogP contribution in [-0.4, -0.2) is 24.1 Å². The van der Waals surface area contributed by atoms with E-state index in [9.17, 15) is 4.79 Å². The van der Waals surface area contributed by atoms with E-state index in [1.165, 1.54) is 0 Å². The van der Waals surface area contributed by atoms with Crippen molar-refractivity contribution in [2.24, 2.45) is 5.92 Å². The molecule has 0 spiro atoms. The van der Waals surface area contributed by atoms with Crippen molar-refractivity contribution in [2.75, 3.05) is 13.2 Å². The largest absolute Gasteiger partial charge is 0.466 e. The van der Waals surface area contributed by atoms with Crippen molar-refractivity contribution in [3.05, 3.63) is 30.1 Å². The fourth-order valence-corrected chi connectivity index (χ4v) is 1.30. The quantitative estimate of drug-likeness (QED) is 0.739. The van der Waals surface area contributed by atoms with Gasteiger partial charge in [-0.05, 0) is 18.6 Å². The Morgan fingerprint density at radius 3 is 3.06 bits per heavy atom. The third-order valence-corrected chi connectivity index (χ3v) is 2.19. The molecule has 0 fully saturated rings. The maximum Gasteiger partial charge on any atom is 0.309 e. The van der Waals surface area contributed by atoms with Gasteiger partial charge >= 0.3 is 5.97 Å². The number of carbonyl (C=O) groups excluding carboxylic acids is 1. The van der Waals surface area contributed by atoms with Gasteiger partial charge in [-0.3, -0.25) is 9.78 Å². The number of pyridine rings is 1. The van der Waals surface area contributed by atoms with Gasteiger partial charge in [-0.25, -0.2) is 0 Å². The SMILES string of the molecule is CCOC(=O)C(C)CNCc1cccnc1. The van der Waals surface area contributed by atoms with Crippen LogP contribution in [0.1, 0.15) is 19.4 Å². The Hall–Kier alpha value is -1.42. The highest BCUT2D eigenvalue weighted by Crippen LogP contribution is 1.99. The van der Waals surface area contributed by atoms with Gasteiger partial charge in [-0.15, -0.1) is 0 Å². The van der Waals surface area contributed by atoms with Crippen LogP contribution in [0, 0.1) is 5.92 Å². The van der Waals surface area contributed by atoms with E-state index < -0.39 is 0 Å². The van der Waals surface area contributed by atoms with Crippen molar-refractivity contribution in [1.82, 2.24) is 10.3 Å². The average molecular weight is 222 g/mol. The number of hydrogen-bond donors (Lipinski definition) is 1. The zero-order valence-electron chi connectivity index (χ0n) is 9.77. The molecule has 16 heavy (non-hydrogen) atoms. The zero-order chi connectivity index (χ0) is 11.8. The van der Waals surface area contributed by atoms with E-state index in [-0.39, 0.29) is 11.9 Å². The molecule has 1 rings (SSSR count). The number of rotatable bonds is 6. The molecule has 0 aliphatic heterocycles. The van der Waals surface area contributed by atoms with Crippen LogP contribution in [0.25, 0.3) is 0 Å². The Labute approximate surface area is 96.0 Å². The second kappa shape index (κ2) is 6.95. The number of carbonyl (C=O) groups is 1. The molecule has 0 aliphatic carbocycles. The highest BCUT2D eigenvalue weighted by Gasteiger charge is 2.12. The predicted octanol–water partition coefficient (Wildman–Crippen LogP) is 1.37. The van der Waals surface area contributed by atoms with Crippen molar-refractivity contribution in [1.29, 1.82) is 0 Å². The average Bonchev–Trinajstić information content (AvgIpc) is 2.30. The lowest BCUT2D eigenvalue weighted by molar-refractivity contribution is -0.147. The molecule has 1 heterocycles. The van der Waals surface area contributed by atoms with E-state index in [1.807, 2.05) is 32.2 Å². The van der Waals surface area contributed by atoms with Gasteiger partial charge in [0.05, 0.1) is 12.5 Å². The van der Waals surface area contributed by atoms with Crippen LogP contribution in [0.5, 0.6) is 0 Å². The molecule has 0 aliphatic rings. The van der Waals surface area contributed by atoms with E-state index >= 15 is 0 Å². The number of ether oxygens (including phenoxy) is 1. The third-order valence-electron chi connectivity index (χ3n) is 2.19. The fourth-order valence-electron chi connectivity index (χ4n) is 1.30. The standard InChI is InChI=1S/C12H18N2O2/c1-3-16-12(15)10(2)7-14-9-11-5-4-6-13-8-11/h4-6,8,10,14H,3,7,9H2,1-2H3. The minimum atomic E-state index is -0.152. The van der Waals surface area contributed by atoms with Gasteiger partial charge in [0.15, 0.2) is 0 Å². The number of esters is 1. The minimum Gasteiger partial charge on any atom is -0.466 e. The summed E-state index contributed by atoms with van der Waals surface area (Å²) in [6, 6.07) is 3.89. The molecule has 0 bridgehead atoms. The lowest BCUT2D eigenvalue weighted by Crippen LogP contribution is -2.27. The number of hydrogen-bond acceptors (Lipinski definition) is 4. The summed E-state index contributed by atoms with van der Waals surface area (Å²) in [4.78, 5) is 15.3. The molecule has 0 aromatic carbocycles. The van der Waals surface area contributed by atoms with Crippen molar-refractivity contribution in [3.8, 4) is 0 Å². The summed E-state index contributed by atoms with van der Waals surface area (Å²) in [6.45, 7) is 5.44. The van der Waals surface area contributed by atoms with Gasteiger partial charge in [0.1, 0.15) is 0 Å². The van der Waals surface area contributed by atoms with Crippen LogP contribution in [0.3, 0.4) is 0 Å². The first-order chi connectivity index (χ1) is 7.74. The first kappa shape index (κ1) is 12.6. The van der Waals surface area contributed by atoms with E-state index in [2.05, 4.69) is 10.3 Å². The summed E-state index contributed by atoms with van der Waals surface area (Å²) in [6.07, 6.45) is 3.55. The summed E-state index contributed by atoms with van der Waals surface area (Å²) in [5.41, 5.74) is 1.11. The Bertz CT molecular complexity index is 314. The Balaban J connectivity index is 2.23. The van der Waals surface area contributed by atoms with Crippen LogP contribution in [0.4, 0.5) is 0 Å². The molecule has 0 saturated heterocycles. The van der Waals surface area contributed by atoms with Gasteiger partial charge in [-0.2, -0.15) is 0 Å². The smallest absolute Gasteiger partial charge is 0.309 e. The highest BCUT2D eigenvalue weighted by atomic mass is 16.5. The molecule has 1 unspecified atom stereocenters. The molecule has 0 radical (unpaired) electrons. The minimum absolute atomic E-state index is 0.114. The van der Waals surface area contributed by atoms with Crippen LogP contribution >= 0.6 is 0 Å². The molecular weight excluding hydrogens is 204 g/mol. The van der Waals surface area contributed by atoms with Crippen molar-refractivity contribution in [3.63, 3.8) is 0 Å². The maximum absolute atomic E-state index is 11.3. The molecule has 1 atom stereocenters. The highest BCUT2D eigenvalue weighted by molar-refractivity contribution is 5.72. The van der Waals surface area contributed by atoms with Gasteiger partial charge < -0.3 is 10.1 Å².